The van der Waals surface area contributed by atoms with E-state index in [0.29, 0.717) is 0 Å². The van der Waals surface area contributed by atoms with Gasteiger partial charge in [-0.3, -0.25) is 9.59 Å². The zero-order valence-electron chi connectivity index (χ0n) is 17.3. The van der Waals surface area contributed by atoms with Crippen molar-refractivity contribution in [2.24, 2.45) is 5.92 Å². The van der Waals surface area contributed by atoms with Gasteiger partial charge in [-0.15, -0.1) is 0 Å². The van der Waals surface area contributed by atoms with Gasteiger partial charge in [-0.05, 0) is 47.9 Å². The van der Waals surface area contributed by atoms with Gasteiger partial charge in [-0.25, -0.2) is 4.79 Å². The summed E-state index contributed by atoms with van der Waals surface area (Å²) in [5, 5.41) is 14.2. The van der Waals surface area contributed by atoms with Crippen LogP contribution in [0.1, 0.15) is 43.2 Å². The summed E-state index contributed by atoms with van der Waals surface area (Å²) >= 11 is 0. The lowest BCUT2D eigenvalue weighted by Gasteiger charge is -2.33. The first-order valence-corrected chi connectivity index (χ1v) is 10.6. The van der Waals surface area contributed by atoms with Crippen LogP contribution in [0.2, 0.25) is 0 Å². The summed E-state index contributed by atoms with van der Waals surface area (Å²) in [6.45, 7) is 1.55. The number of amides is 2. The molecular weight excluding hydrogens is 396 g/mol. The molecule has 7 heteroatoms. The highest BCUT2D eigenvalue weighted by Crippen LogP contribution is 2.44. The number of nitrogens with one attached hydrogen (secondary N) is 2. The molecule has 0 heterocycles. The molecule has 1 saturated carbocycles. The van der Waals surface area contributed by atoms with Gasteiger partial charge in [0.25, 0.3) is 0 Å². The summed E-state index contributed by atoms with van der Waals surface area (Å²) in [6, 6.07) is 14.3. The number of hydrogen-bond acceptors (Lipinski definition) is 4. The third kappa shape index (κ3) is 4.26. The largest absolute Gasteiger partial charge is 0.480 e. The van der Waals surface area contributed by atoms with Crippen LogP contribution in [0, 0.1) is 5.92 Å². The molecule has 0 radical (unpaired) electrons. The van der Waals surface area contributed by atoms with Gasteiger partial charge in [-0.2, -0.15) is 0 Å². The molecule has 31 heavy (non-hydrogen) atoms. The highest BCUT2D eigenvalue weighted by Gasteiger charge is 2.36. The van der Waals surface area contributed by atoms with Gasteiger partial charge in [0.15, 0.2) is 0 Å². The van der Waals surface area contributed by atoms with Crippen LogP contribution in [0.15, 0.2) is 48.5 Å². The van der Waals surface area contributed by atoms with Crippen LogP contribution >= 0.6 is 0 Å². The second-order valence-corrected chi connectivity index (χ2v) is 8.21. The highest BCUT2D eigenvalue weighted by atomic mass is 16.5. The Morgan fingerprint density at radius 3 is 2.10 bits per heavy atom. The average molecular weight is 422 g/mol. The third-order valence-corrected chi connectivity index (χ3v) is 6.25. The lowest BCUT2D eigenvalue weighted by atomic mass is 9.79. The maximum absolute atomic E-state index is 12.6. The van der Waals surface area contributed by atoms with E-state index < -0.39 is 30.1 Å². The second kappa shape index (κ2) is 8.79. The third-order valence-electron chi connectivity index (χ3n) is 6.25. The van der Waals surface area contributed by atoms with Gasteiger partial charge >= 0.3 is 12.1 Å². The summed E-state index contributed by atoms with van der Waals surface area (Å²) in [6.07, 6.45) is 1.93. The molecule has 7 nitrogen and oxygen atoms in total. The standard InChI is InChI=1S/C24H26N2O5/c1-14(23(28)29)25-22(27)21(15-7-6-8-15)26-24(30)31-13-20-18-11-4-2-9-16(18)17-10-3-5-12-19(17)20/h2-5,9-12,14-15,20-21H,6-8,13H2,1H3,(H,25,27)(H,26,30)(H,28,29)/t14-,21?/m0/s1. The Morgan fingerprint density at radius 1 is 1.00 bits per heavy atom. The predicted molar refractivity (Wildman–Crippen MR) is 115 cm³/mol. The molecule has 2 aliphatic carbocycles. The van der Waals surface area contributed by atoms with Crippen molar-refractivity contribution in [3.63, 3.8) is 0 Å². The summed E-state index contributed by atoms with van der Waals surface area (Å²) in [4.78, 5) is 36.2. The smallest absolute Gasteiger partial charge is 0.407 e. The molecule has 2 aromatic carbocycles. The fraction of sp³-hybridized carbons (Fsp3) is 0.375. The van der Waals surface area contributed by atoms with Crippen LogP contribution in [0.5, 0.6) is 0 Å². The molecule has 2 amide bonds. The van der Waals surface area contributed by atoms with Crippen molar-refractivity contribution >= 4 is 18.0 Å². The molecule has 0 aliphatic heterocycles. The average Bonchev–Trinajstić information content (AvgIpc) is 3.04. The monoisotopic (exact) mass is 422 g/mol. The topological polar surface area (TPSA) is 105 Å². The number of ether oxygens (including phenoxy) is 1. The number of carboxylic acids is 1. The zero-order chi connectivity index (χ0) is 22.0. The van der Waals surface area contributed by atoms with Gasteiger partial charge in [0.1, 0.15) is 18.7 Å². The van der Waals surface area contributed by atoms with Crippen LogP contribution in [0.25, 0.3) is 11.1 Å². The van der Waals surface area contributed by atoms with Gasteiger partial charge in [0.2, 0.25) is 5.91 Å². The van der Waals surface area contributed by atoms with Crippen molar-refractivity contribution in [1.29, 1.82) is 0 Å². The minimum Gasteiger partial charge on any atom is -0.480 e. The molecule has 0 bridgehead atoms. The molecule has 1 fully saturated rings. The Bertz CT molecular complexity index is 955. The molecule has 0 saturated heterocycles. The fourth-order valence-electron chi connectivity index (χ4n) is 4.30. The second-order valence-electron chi connectivity index (χ2n) is 8.21. The maximum atomic E-state index is 12.6. The first-order valence-electron chi connectivity index (χ1n) is 10.6. The van der Waals surface area contributed by atoms with E-state index in [1.807, 2.05) is 36.4 Å². The van der Waals surface area contributed by atoms with Crippen LogP contribution in [0.3, 0.4) is 0 Å². The van der Waals surface area contributed by atoms with Crippen molar-refractivity contribution < 1.29 is 24.2 Å². The number of hydrogen-bond donors (Lipinski definition) is 3. The van der Waals surface area contributed by atoms with E-state index in [-0.39, 0.29) is 18.4 Å². The van der Waals surface area contributed by atoms with Gasteiger partial charge < -0.3 is 20.5 Å². The Balaban J connectivity index is 1.42. The van der Waals surface area contributed by atoms with E-state index in [0.717, 1.165) is 41.5 Å². The molecule has 3 N–H and O–H groups in total. The first kappa shape index (κ1) is 20.9. The SMILES string of the molecule is C[C@H](NC(=O)C(NC(=O)OCC1c2ccccc2-c2ccccc21)C1CCC1)C(=O)O. The van der Waals surface area contributed by atoms with E-state index in [9.17, 15) is 14.4 Å². The van der Waals surface area contributed by atoms with E-state index in [1.165, 1.54) is 6.92 Å². The molecular formula is C24H26N2O5. The number of fused-ring (bicyclic) bond motifs is 3. The Labute approximate surface area is 180 Å². The van der Waals surface area contributed by atoms with Gasteiger partial charge in [0, 0.05) is 5.92 Å². The lowest BCUT2D eigenvalue weighted by Crippen LogP contribution is -2.55. The van der Waals surface area contributed by atoms with Crippen LogP contribution in [-0.2, 0) is 14.3 Å². The number of carboxylic acid groups (broad SMARTS) is 1. The zero-order valence-corrected chi connectivity index (χ0v) is 17.3. The number of benzene rings is 2. The summed E-state index contributed by atoms with van der Waals surface area (Å²) < 4.78 is 5.55. The van der Waals surface area contributed by atoms with Crippen LogP contribution in [-0.4, -0.2) is 41.8 Å². The minimum atomic E-state index is -1.12. The molecule has 0 aromatic heterocycles. The Kier molecular flexibility index (Phi) is 5.93. The molecule has 0 spiro atoms. The molecule has 2 atom stereocenters. The van der Waals surface area contributed by atoms with Gasteiger partial charge in [-0.1, -0.05) is 55.0 Å². The summed E-state index contributed by atoms with van der Waals surface area (Å²) in [7, 11) is 0. The van der Waals surface area contributed by atoms with E-state index in [4.69, 9.17) is 9.84 Å². The maximum Gasteiger partial charge on any atom is 0.407 e. The molecule has 162 valence electrons. The van der Waals surface area contributed by atoms with Gasteiger partial charge in [0.05, 0.1) is 0 Å². The minimum absolute atomic E-state index is 0.0125. The Morgan fingerprint density at radius 2 is 1.58 bits per heavy atom. The van der Waals surface area contributed by atoms with Crippen molar-refractivity contribution in [3.8, 4) is 11.1 Å². The summed E-state index contributed by atoms with van der Waals surface area (Å²) in [5.41, 5.74) is 4.50. The number of carbonyl (C=O) groups is 3. The van der Waals surface area contributed by atoms with Crippen LogP contribution < -0.4 is 10.6 Å². The van der Waals surface area contributed by atoms with E-state index in [1.54, 1.807) is 0 Å². The van der Waals surface area contributed by atoms with Crippen molar-refractivity contribution in [2.45, 2.75) is 44.2 Å². The molecule has 1 unspecified atom stereocenters. The van der Waals surface area contributed by atoms with E-state index >= 15 is 0 Å². The number of carbonyl (C=O) groups excluding carboxylic acids is 2. The highest BCUT2D eigenvalue weighted by molar-refractivity contribution is 5.89. The van der Waals surface area contributed by atoms with Crippen molar-refractivity contribution in [2.75, 3.05) is 6.61 Å². The molecule has 2 aliphatic rings. The number of alkyl carbamates (subject to hydrolysis) is 1. The molecule has 2 aromatic rings. The van der Waals surface area contributed by atoms with Crippen molar-refractivity contribution in [1.82, 2.24) is 10.6 Å². The summed E-state index contributed by atoms with van der Waals surface area (Å²) in [5.74, 6) is -1.70. The Hall–Kier alpha value is -3.35. The predicted octanol–water partition coefficient (Wildman–Crippen LogP) is 3.28. The number of rotatable bonds is 7. The first-order chi connectivity index (χ1) is 15.0. The number of aliphatic carboxylic acids is 1. The quantitative estimate of drug-likeness (QED) is 0.635. The lowest BCUT2D eigenvalue weighted by molar-refractivity contribution is -0.141. The fourth-order valence-corrected chi connectivity index (χ4v) is 4.30. The molecule has 4 rings (SSSR count). The van der Waals surface area contributed by atoms with Crippen LogP contribution in [0.4, 0.5) is 4.79 Å². The van der Waals surface area contributed by atoms with Crippen molar-refractivity contribution in [3.05, 3.63) is 59.7 Å². The van der Waals surface area contributed by atoms with E-state index in [2.05, 4.69) is 22.8 Å². The normalized spacial score (nSPS) is 16.9.